The molecule has 0 saturated heterocycles. The first-order chi connectivity index (χ1) is 16.6. The van der Waals surface area contributed by atoms with E-state index < -0.39 is 0 Å². The molecule has 0 aliphatic rings. The average molecular weight is 489 g/mol. The summed E-state index contributed by atoms with van der Waals surface area (Å²) in [7, 11) is 1.58. The number of para-hydroxylation sites is 1. The van der Waals surface area contributed by atoms with E-state index in [4.69, 9.17) is 4.74 Å². The van der Waals surface area contributed by atoms with E-state index >= 15 is 0 Å². The Labute approximate surface area is 204 Å². The summed E-state index contributed by atoms with van der Waals surface area (Å²) in [6.07, 6.45) is 0. The Morgan fingerprint density at radius 3 is 2.68 bits per heavy atom. The maximum Gasteiger partial charge on any atom is 0.255 e. The van der Waals surface area contributed by atoms with E-state index in [1.165, 1.54) is 4.70 Å². The first-order valence-corrected chi connectivity index (χ1v) is 12.2. The van der Waals surface area contributed by atoms with E-state index in [1.807, 2.05) is 42.5 Å². The number of tetrazole rings is 1. The molecule has 0 bridgehead atoms. The summed E-state index contributed by atoms with van der Waals surface area (Å²) in [5.41, 5.74) is 3.99. The summed E-state index contributed by atoms with van der Waals surface area (Å²) < 4.78 is 9.21. The van der Waals surface area contributed by atoms with Gasteiger partial charge in [-0.25, -0.2) is 4.98 Å². The lowest BCUT2D eigenvalue weighted by Gasteiger charge is -2.12. The Morgan fingerprint density at radius 2 is 1.94 bits per heavy atom. The number of hydrogen-bond acceptors (Lipinski definition) is 8. The molecule has 1 amide bonds. The second kappa shape index (κ2) is 9.62. The summed E-state index contributed by atoms with van der Waals surface area (Å²) >= 11 is 3.39. The van der Waals surface area contributed by atoms with Crippen molar-refractivity contribution in [2.45, 2.75) is 17.0 Å². The SMILES string of the molecule is COc1ccc(NC(=O)c2ccc(CSc3nc4ccccc4s3)cc2)cc1-n1nnnc1C. The molecule has 0 radical (unpaired) electrons. The fourth-order valence-corrected chi connectivity index (χ4v) is 5.43. The van der Waals surface area contributed by atoms with Gasteiger partial charge in [-0.15, -0.1) is 16.4 Å². The number of methoxy groups -OCH3 is 1. The quantitative estimate of drug-likeness (QED) is 0.317. The predicted molar refractivity (Wildman–Crippen MR) is 134 cm³/mol. The normalized spacial score (nSPS) is 11.0. The van der Waals surface area contributed by atoms with Crippen LogP contribution in [0.4, 0.5) is 5.69 Å². The van der Waals surface area contributed by atoms with E-state index in [-0.39, 0.29) is 5.91 Å². The number of rotatable bonds is 7. The van der Waals surface area contributed by atoms with Crippen molar-refractivity contribution >= 4 is 44.9 Å². The van der Waals surface area contributed by atoms with Crippen LogP contribution in [-0.2, 0) is 5.75 Å². The second-order valence-electron chi connectivity index (χ2n) is 7.41. The molecule has 0 aliphatic carbocycles. The van der Waals surface area contributed by atoms with Crippen molar-refractivity contribution in [3.8, 4) is 11.4 Å². The Bertz CT molecular complexity index is 1430. The highest BCUT2D eigenvalue weighted by molar-refractivity contribution is 8.00. The van der Waals surface area contributed by atoms with Crippen molar-refractivity contribution in [1.82, 2.24) is 25.2 Å². The average Bonchev–Trinajstić information content (AvgIpc) is 3.48. The van der Waals surface area contributed by atoms with Crippen LogP contribution in [0.2, 0.25) is 0 Å². The number of aromatic nitrogens is 5. The van der Waals surface area contributed by atoms with Crippen LogP contribution in [-0.4, -0.2) is 38.2 Å². The molecule has 34 heavy (non-hydrogen) atoms. The number of fused-ring (bicyclic) bond motifs is 1. The Hall–Kier alpha value is -3.76. The van der Waals surface area contributed by atoms with E-state index in [1.54, 1.807) is 60.0 Å². The second-order valence-corrected chi connectivity index (χ2v) is 9.66. The zero-order chi connectivity index (χ0) is 23.5. The monoisotopic (exact) mass is 488 g/mol. The number of amides is 1. The molecule has 1 N–H and O–H groups in total. The summed E-state index contributed by atoms with van der Waals surface area (Å²) in [4.78, 5) is 17.5. The number of thioether (sulfide) groups is 1. The topological polar surface area (TPSA) is 94.8 Å². The van der Waals surface area contributed by atoms with Crippen LogP contribution in [0.25, 0.3) is 15.9 Å². The van der Waals surface area contributed by atoms with Gasteiger partial charge in [0.2, 0.25) is 0 Å². The standard InChI is InChI=1S/C24H20N6O2S2/c1-15-27-28-29-30(15)20-13-18(11-12-21(20)32-2)25-23(31)17-9-7-16(8-10-17)14-33-24-26-19-5-3-4-6-22(19)34-24/h3-13H,14H2,1-2H3,(H,25,31). The van der Waals surface area contributed by atoms with Gasteiger partial charge in [-0.1, -0.05) is 36.0 Å². The summed E-state index contributed by atoms with van der Waals surface area (Å²) in [6.45, 7) is 1.79. The Morgan fingerprint density at radius 1 is 1.12 bits per heavy atom. The molecule has 2 aromatic heterocycles. The van der Waals surface area contributed by atoms with E-state index in [9.17, 15) is 4.79 Å². The van der Waals surface area contributed by atoms with Crippen molar-refractivity contribution in [2.75, 3.05) is 12.4 Å². The Balaban J connectivity index is 1.26. The van der Waals surface area contributed by atoms with Gasteiger partial charge in [-0.2, -0.15) is 4.68 Å². The van der Waals surface area contributed by atoms with Crippen molar-refractivity contribution in [3.63, 3.8) is 0 Å². The lowest BCUT2D eigenvalue weighted by atomic mass is 10.1. The van der Waals surface area contributed by atoms with Crippen LogP contribution < -0.4 is 10.1 Å². The predicted octanol–water partition coefficient (Wildman–Crippen LogP) is 5.13. The van der Waals surface area contributed by atoms with Crippen molar-refractivity contribution in [3.05, 3.63) is 83.7 Å². The zero-order valence-corrected chi connectivity index (χ0v) is 20.1. The van der Waals surface area contributed by atoms with Crippen LogP contribution in [0, 0.1) is 6.92 Å². The van der Waals surface area contributed by atoms with Gasteiger partial charge < -0.3 is 10.1 Å². The highest BCUT2D eigenvalue weighted by atomic mass is 32.2. The maximum absolute atomic E-state index is 12.8. The molecule has 3 aromatic carbocycles. The molecular weight excluding hydrogens is 468 g/mol. The van der Waals surface area contributed by atoms with Crippen LogP contribution in [0.3, 0.4) is 0 Å². The third-order valence-corrected chi connectivity index (χ3v) is 7.39. The van der Waals surface area contributed by atoms with Gasteiger partial charge in [0.1, 0.15) is 11.4 Å². The molecule has 2 heterocycles. The smallest absolute Gasteiger partial charge is 0.255 e. The van der Waals surface area contributed by atoms with Crippen molar-refractivity contribution < 1.29 is 9.53 Å². The van der Waals surface area contributed by atoms with Crippen LogP contribution in [0.15, 0.2) is 71.1 Å². The van der Waals surface area contributed by atoms with Gasteiger partial charge in [0, 0.05) is 17.0 Å². The minimum absolute atomic E-state index is 0.199. The van der Waals surface area contributed by atoms with Crippen LogP contribution in [0.1, 0.15) is 21.7 Å². The number of hydrogen-bond donors (Lipinski definition) is 1. The van der Waals surface area contributed by atoms with Gasteiger partial charge in [0.05, 0.1) is 17.3 Å². The highest BCUT2D eigenvalue weighted by Gasteiger charge is 2.13. The van der Waals surface area contributed by atoms with Crippen molar-refractivity contribution in [2.24, 2.45) is 0 Å². The molecule has 0 spiro atoms. The lowest BCUT2D eigenvalue weighted by molar-refractivity contribution is 0.102. The van der Waals surface area contributed by atoms with Gasteiger partial charge in [0.25, 0.3) is 5.91 Å². The molecule has 8 nitrogen and oxygen atoms in total. The highest BCUT2D eigenvalue weighted by Crippen LogP contribution is 2.31. The first-order valence-electron chi connectivity index (χ1n) is 10.4. The van der Waals surface area contributed by atoms with E-state index in [2.05, 4.69) is 31.9 Å². The van der Waals surface area contributed by atoms with E-state index in [0.717, 1.165) is 21.2 Å². The molecular formula is C24H20N6O2S2. The largest absolute Gasteiger partial charge is 0.494 e. The molecule has 5 rings (SSSR count). The zero-order valence-electron chi connectivity index (χ0n) is 18.4. The molecule has 5 aromatic rings. The third kappa shape index (κ3) is 4.63. The number of benzene rings is 3. The Kier molecular flexibility index (Phi) is 6.24. The minimum Gasteiger partial charge on any atom is -0.494 e. The molecule has 170 valence electrons. The fourth-order valence-electron chi connectivity index (χ4n) is 3.40. The maximum atomic E-state index is 12.8. The number of anilines is 1. The first kappa shape index (κ1) is 22.1. The number of thiazole rings is 1. The van der Waals surface area contributed by atoms with Crippen LogP contribution >= 0.6 is 23.1 Å². The molecule has 0 saturated carbocycles. The van der Waals surface area contributed by atoms with Gasteiger partial charge in [-0.05, 0) is 65.4 Å². The van der Waals surface area contributed by atoms with E-state index in [0.29, 0.717) is 28.5 Å². The minimum atomic E-state index is -0.199. The number of carbonyl (C=O) groups is 1. The molecule has 0 atom stereocenters. The van der Waals surface area contributed by atoms with Gasteiger partial charge in [-0.3, -0.25) is 4.79 Å². The lowest BCUT2D eigenvalue weighted by Crippen LogP contribution is -2.12. The molecule has 0 fully saturated rings. The summed E-state index contributed by atoms with van der Waals surface area (Å²) in [5.74, 6) is 1.80. The summed E-state index contributed by atoms with van der Waals surface area (Å²) in [6, 6.07) is 21.1. The number of carbonyl (C=O) groups excluding carboxylic acids is 1. The number of nitrogens with zero attached hydrogens (tertiary/aromatic N) is 5. The number of nitrogens with one attached hydrogen (secondary N) is 1. The third-order valence-electron chi connectivity index (χ3n) is 5.14. The molecule has 10 heteroatoms. The van der Waals surface area contributed by atoms with Gasteiger partial charge >= 0.3 is 0 Å². The fraction of sp³-hybridized carbons (Fsp3) is 0.125. The summed E-state index contributed by atoms with van der Waals surface area (Å²) in [5, 5.41) is 14.5. The van der Waals surface area contributed by atoms with Crippen LogP contribution in [0.5, 0.6) is 5.75 Å². The number of ether oxygens (including phenoxy) is 1. The van der Waals surface area contributed by atoms with Gasteiger partial charge in [0.15, 0.2) is 10.2 Å². The number of aryl methyl sites for hydroxylation is 1. The molecule has 0 aliphatic heterocycles. The van der Waals surface area contributed by atoms with Crippen molar-refractivity contribution in [1.29, 1.82) is 0 Å². The molecule has 0 unspecified atom stereocenters.